The van der Waals surface area contributed by atoms with Gasteiger partial charge >= 0.3 is 0 Å². The summed E-state index contributed by atoms with van der Waals surface area (Å²) < 4.78 is 1.93. The Morgan fingerprint density at radius 2 is 1.71 bits per heavy atom. The molecule has 6 heteroatoms. The summed E-state index contributed by atoms with van der Waals surface area (Å²) in [6, 6.07) is 10.9. The van der Waals surface area contributed by atoms with E-state index in [1.165, 1.54) is 0 Å². The molecule has 0 aliphatic carbocycles. The fourth-order valence-electron chi connectivity index (χ4n) is 2.29. The monoisotopic (exact) mass is 358 g/mol. The number of rotatable bonds is 2. The average Bonchev–Trinajstić information content (AvgIpc) is 2.78. The third-order valence-corrected chi connectivity index (χ3v) is 4.06. The first-order valence-corrected chi connectivity index (χ1v) is 7.82. The highest BCUT2D eigenvalue weighted by Gasteiger charge is 2.18. The molecule has 0 aliphatic rings. The molecule has 1 heterocycles. The van der Waals surface area contributed by atoms with Gasteiger partial charge in [0, 0.05) is 10.0 Å². The van der Waals surface area contributed by atoms with Crippen LogP contribution >= 0.6 is 46.4 Å². The molecule has 0 spiro atoms. The van der Waals surface area contributed by atoms with Crippen molar-refractivity contribution < 1.29 is 0 Å². The summed E-state index contributed by atoms with van der Waals surface area (Å²) in [5.41, 5.74) is 2.38. The first kappa shape index (κ1) is 15.0. The lowest BCUT2D eigenvalue weighted by atomic mass is 10.2. The van der Waals surface area contributed by atoms with Crippen molar-refractivity contribution >= 4 is 57.4 Å². The number of hydrogen-bond acceptors (Lipinski definition) is 1. The van der Waals surface area contributed by atoms with Gasteiger partial charge < -0.3 is 0 Å². The molecule has 0 fully saturated rings. The van der Waals surface area contributed by atoms with Crippen molar-refractivity contribution in [3.63, 3.8) is 0 Å². The van der Waals surface area contributed by atoms with Gasteiger partial charge in [0.1, 0.15) is 11.3 Å². The lowest BCUT2D eigenvalue weighted by molar-refractivity contribution is 0.882. The van der Waals surface area contributed by atoms with E-state index in [2.05, 4.69) is 4.98 Å². The third-order valence-electron chi connectivity index (χ3n) is 3.12. The Morgan fingerprint density at radius 3 is 2.33 bits per heavy atom. The van der Waals surface area contributed by atoms with Gasteiger partial charge in [-0.25, -0.2) is 4.98 Å². The predicted molar refractivity (Wildman–Crippen MR) is 90.4 cm³/mol. The van der Waals surface area contributed by atoms with Gasteiger partial charge in [-0.1, -0.05) is 40.9 Å². The van der Waals surface area contributed by atoms with E-state index in [1.807, 2.05) is 35.8 Å². The summed E-state index contributed by atoms with van der Waals surface area (Å²) in [7, 11) is 0. The number of hydrogen-bond donors (Lipinski definition) is 0. The Hall–Kier alpha value is -0.930. The number of para-hydroxylation sites is 1. The van der Waals surface area contributed by atoms with Crippen molar-refractivity contribution in [2.75, 3.05) is 0 Å². The highest BCUT2D eigenvalue weighted by atomic mass is 35.5. The number of fused-ring (bicyclic) bond motifs is 1. The maximum Gasteiger partial charge on any atom is 0.132 e. The fourth-order valence-corrected chi connectivity index (χ4v) is 3.16. The maximum atomic E-state index is 6.27. The standard InChI is InChI=1S/C15H10Cl4N2/c1-8(16)15-20-14-12(19)3-2-4-13(14)21(15)11-6-9(17)5-10(18)7-11/h2-8H,1H3. The molecule has 3 rings (SSSR count). The molecule has 1 atom stereocenters. The number of alkyl halides is 1. The minimum Gasteiger partial charge on any atom is -0.295 e. The molecule has 0 N–H and O–H groups in total. The highest BCUT2D eigenvalue weighted by molar-refractivity contribution is 6.35. The number of nitrogens with zero attached hydrogens (tertiary/aromatic N) is 2. The molecule has 0 saturated carbocycles. The van der Waals surface area contributed by atoms with Crippen molar-refractivity contribution in [2.45, 2.75) is 12.3 Å². The number of benzene rings is 2. The lowest BCUT2D eigenvalue weighted by Gasteiger charge is -2.11. The van der Waals surface area contributed by atoms with Crippen LogP contribution in [0.1, 0.15) is 18.1 Å². The molecule has 2 nitrogen and oxygen atoms in total. The van der Waals surface area contributed by atoms with E-state index in [0.29, 0.717) is 26.4 Å². The molecule has 0 saturated heterocycles. The topological polar surface area (TPSA) is 17.8 Å². The predicted octanol–water partition coefficient (Wildman–Crippen LogP) is 6.29. The molecule has 3 aromatic rings. The number of aromatic nitrogens is 2. The first-order valence-electron chi connectivity index (χ1n) is 6.25. The Bertz CT molecular complexity index is 804. The second kappa shape index (κ2) is 5.69. The van der Waals surface area contributed by atoms with E-state index in [0.717, 1.165) is 11.2 Å². The van der Waals surface area contributed by atoms with Gasteiger partial charge in [0.05, 0.1) is 21.6 Å². The Balaban J connectivity index is 2.39. The quantitative estimate of drug-likeness (QED) is 0.492. The van der Waals surface area contributed by atoms with Crippen LogP contribution in [0.3, 0.4) is 0 Å². The molecule has 0 bridgehead atoms. The average molecular weight is 360 g/mol. The number of halogens is 4. The first-order chi connectivity index (χ1) is 9.97. The van der Waals surface area contributed by atoms with Gasteiger partial charge in [-0.05, 0) is 37.3 Å². The van der Waals surface area contributed by atoms with Crippen molar-refractivity contribution in [1.29, 1.82) is 0 Å². The second-order valence-corrected chi connectivity index (χ2v) is 6.59. The van der Waals surface area contributed by atoms with E-state index >= 15 is 0 Å². The molecule has 2 aromatic carbocycles. The normalized spacial score (nSPS) is 12.8. The van der Waals surface area contributed by atoms with Gasteiger partial charge in [-0.2, -0.15) is 0 Å². The highest BCUT2D eigenvalue weighted by Crippen LogP contribution is 2.33. The minimum absolute atomic E-state index is 0.286. The van der Waals surface area contributed by atoms with E-state index in [9.17, 15) is 0 Å². The van der Waals surface area contributed by atoms with Crippen LogP contribution in [0.25, 0.3) is 16.7 Å². The van der Waals surface area contributed by atoms with Crippen LogP contribution < -0.4 is 0 Å². The van der Waals surface area contributed by atoms with Gasteiger partial charge in [0.15, 0.2) is 0 Å². The Kier molecular flexibility index (Phi) is 4.06. The van der Waals surface area contributed by atoms with Gasteiger partial charge in [0.2, 0.25) is 0 Å². The second-order valence-electron chi connectivity index (χ2n) is 4.66. The van der Waals surface area contributed by atoms with E-state index in [4.69, 9.17) is 46.4 Å². The van der Waals surface area contributed by atoms with Crippen molar-refractivity contribution in [2.24, 2.45) is 0 Å². The zero-order chi connectivity index (χ0) is 15.1. The summed E-state index contributed by atoms with van der Waals surface area (Å²) in [5.74, 6) is 0.693. The summed E-state index contributed by atoms with van der Waals surface area (Å²) in [5, 5.41) is 1.40. The summed E-state index contributed by atoms with van der Waals surface area (Å²) in [6.07, 6.45) is 0. The zero-order valence-corrected chi connectivity index (χ0v) is 14.0. The van der Waals surface area contributed by atoms with Crippen LogP contribution in [0.15, 0.2) is 36.4 Å². The maximum absolute atomic E-state index is 6.27. The minimum atomic E-state index is -0.286. The van der Waals surface area contributed by atoms with Crippen LogP contribution in [-0.4, -0.2) is 9.55 Å². The molecule has 1 aromatic heterocycles. The van der Waals surface area contributed by atoms with Crippen molar-refractivity contribution in [3.05, 3.63) is 57.3 Å². The van der Waals surface area contributed by atoms with Gasteiger partial charge in [-0.3, -0.25) is 4.57 Å². The lowest BCUT2D eigenvalue weighted by Crippen LogP contribution is -2.01. The molecule has 0 aliphatic heterocycles. The van der Waals surface area contributed by atoms with Crippen LogP contribution in [0.4, 0.5) is 0 Å². The Morgan fingerprint density at radius 1 is 1.05 bits per heavy atom. The molecule has 0 amide bonds. The SMILES string of the molecule is CC(Cl)c1nc2c(Cl)cccc2n1-c1cc(Cl)cc(Cl)c1. The van der Waals surface area contributed by atoms with Gasteiger partial charge in [0.25, 0.3) is 0 Å². The van der Waals surface area contributed by atoms with E-state index in [-0.39, 0.29) is 5.38 Å². The molecule has 108 valence electrons. The Labute approximate surface area is 142 Å². The summed E-state index contributed by atoms with van der Waals surface area (Å²) in [6.45, 7) is 1.86. The van der Waals surface area contributed by atoms with Gasteiger partial charge in [-0.15, -0.1) is 11.6 Å². The molecule has 1 unspecified atom stereocenters. The zero-order valence-electron chi connectivity index (χ0n) is 10.9. The molecular weight excluding hydrogens is 350 g/mol. The summed E-state index contributed by atoms with van der Waals surface area (Å²) in [4.78, 5) is 4.56. The van der Waals surface area contributed by atoms with Crippen LogP contribution in [0, 0.1) is 0 Å². The van der Waals surface area contributed by atoms with Crippen LogP contribution in [0.2, 0.25) is 15.1 Å². The molecule has 21 heavy (non-hydrogen) atoms. The molecular formula is C15H10Cl4N2. The van der Waals surface area contributed by atoms with E-state index in [1.54, 1.807) is 12.1 Å². The third kappa shape index (κ3) is 2.74. The van der Waals surface area contributed by atoms with Crippen LogP contribution in [0.5, 0.6) is 0 Å². The van der Waals surface area contributed by atoms with Crippen molar-refractivity contribution in [3.8, 4) is 5.69 Å². The smallest absolute Gasteiger partial charge is 0.132 e. The summed E-state index contributed by atoms with van der Waals surface area (Å²) >= 11 is 24.7. The van der Waals surface area contributed by atoms with Crippen molar-refractivity contribution in [1.82, 2.24) is 9.55 Å². The fraction of sp³-hybridized carbons (Fsp3) is 0.133. The van der Waals surface area contributed by atoms with Crippen LogP contribution in [-0.2, 0) is 0 Å². The number of imidazole rings is 1. The molecule has 0 radical (unpaired) electrons. The largest absolute Gasteiger partial charge is 0.295 e. The van der Waals surface area contributed by atoms with E-state index < -0.39 is 0 Å².